The van der Waals surface area contributed by atoms with Crippen molar-refractivity contribution in [2.75, 3.05) is 29.4 Å². The summed E-state index contributed by atoms with van der Waals surface area (Å²) in [5.74, 6) is 2.21. The van der Waals surface area contributed by atoms with Crippen LogP contribution >= 0.6 is 0 Å². The van der Waals surface area contributed by atoms with E-state index in [0.29, 0.717) is 23.4 Å². The number of nitrogens with zero attached hydrogens (tertiary/aromatic N) is 4. The van der Waals surface area contributed by atoms with Crippen LogP contribution in [-0.4, -0.2) is 58.3 Å². The van der Waals surface area contributed by atoms with Crippen LogP contribution in [0.15, 0.2) is 42.7 Å². The van der Waals surface area contributed by atoms with Crippen LogP contribution in [0, 0.1) is 17.8 Å². The summed E-state index contributed by atoms with van der Waals surface area (Å²) in [6.45, 7) is 4.87. The molecule has 1 amide bonds. The van der Waals surface area contributed by atoms with Crippen LogP contribution < -0.4 is 15.1 Å². The molecular formula is C26H33N5O2. The molecule has 4 aliphatic carbocycles. The van der Waals surface area contributed by atoms with Crippen molar-refractivity contribution in [3.05, 3.63) is 48.4 Å². The van der Waals surface area contributed by atoms with Gasteiger partial charge in [-0.05, 0) is 81.0 Å². The third-order valence-corrected chi connectivity index (χ3v) is 8.46. The highest BCUT2D eigenvalue weighted by molar-refractivity contribution is 5.93. The van der Waals surface area contributed by atoms with Gasteiger partial charge in [0, 0.05) is 49.8 Å². The number of aromatic nitrogens is 2. The Hall–Kier alpha value is -2.67. The Morgan fingerprint density at radius 3 is 2.55 bits per heavy atom. The lowest BCUT2D eigenvalue weighted by atomic mass is 9.52. The molecule has 2 aromatic rings. The molecule has 0 radical (unpaired) electrons. The van der Waals surface area contributed by atoms with E-state index in [1.54, 1.807) is 0 Å². The third kappa shape index (κ3) is 3.86. The van der Waals surface area contributed by atoms with Gasteiger partial charge in [-0.3, -0.25) is 9.78 Å². The molecule has 5 aliphatic rings. The van der Waals surface area contributed by atoms with E-state index in [9.17, 15) is 9.90 Å². The lowest BCUT2D eigenvalue weighted by molar-refractivity contribution is -0.136. The van der Waals surface area contributed by atoms with Crippen LogP contribution in [0.2, 0.25) is 0 Å². The van der Waals surface area contributed by atoms with Crippen LogP contribution in [0.3, 0.4) is 0 Å². The minimum Gasteiger partial charge on any atom is -0.390 e. The zero-order valence-electron chi connectivity index (χ0n) is 19.2. The average Bonchev–Trinajstić information content (AvgIpc) is 2.81. The van der Waals surface area contributed by atoms with Gasteiger partial charge in [-0.2, -0.15) is 0 Å². The fourth-order valence-corrected chi connectivity index (χ4v) is 7.24. The Bertz CT molecular complexity index is 1010. The van der Waals surface area contributed by atoms with E-state index in [0.717, 1.165) is 57.6 Å². The van der Waals surface area contributed by atoms with Gasteiger partial charge >= 0.3 is 0 Å². The first-order valence-electron chi connectivity index (χ1n) is 12.4. The van der Waals surface area contributed by atoms with Crippen molar-refractivity contribution in [3.8, 4) is 0 Å². The van der Waals surface area contributed by atoms with E-state index >= 15 is 0 Å². The number of carbonyl (C=O) groups is 1. The summed E-state index contributed by atoms with van der Waals surface area (Å²) in [6, 6.07) is 10.3. The fourth-order valence-electron chi connectivity index (χ4n) is 7.24. The summed E-state index contributed by atoms with van der Waals surface area (Å²) in [6.07, 6.45) is 8.55. The minimum absolute atomic E-state index is 0.0793. The van der Waals surface area contributed by atoms with Gasteiger partial charge in [0.05, 0.1) is 5.60 Å². The van der Waals surface area contributed by atoms with Gasteiger partial charge in [0.15, 0.2) is 0 Å². The molecular weight excluding hydrogens is 414 g/mol. The number of hydrogen-bond acceptors (Lipinski definition) is 6. The molecule has 1 aliphatic heterocycles. The summed E-state index contributed by atoms with van der Waals surface area (Å²) in [5, 5.41) is 14.2. The van der Waals surface area contributed by atoms with Crippen LogP contribution in [-0.2, 0) is 0 Å². The molecule has 7 rings (SSSR count). The summed E-state index contributed by atoms with van der Waals surface area (Å²) in [4.78, 5) is 26.8. The van der Waals surface area contributed by atoms with E-state index in [2.05, 4.69) is 27.0 Å². The molecule has 5 fully saturated rings. The molecule has 4 saturated carbocycles. The summed E-state index contributed by atoms with van der Waals surface area (Å²) in [5.41, 5.74) is 1.20. The van der Waals surface area contributed by atoms with Gasteiger partial charge in [0.2, 0.25) is 0 Å². The van der Waals surface area contributed by atoms with Gasteiger partial charge in [0.1, 0.15) is 11.5 Å². The molecule has 2 aromatic heterocycles. The SMILES string of the molecule is C[C@@H]1CN(c2ccncc2)CCN1c1cccc(C(=O)NC2C3CC4CC2CC(O)(C4)C3)n1. The predicted molar refractivity (Wildman–Crippen MR) is 127 cm³/mol. The molecule has 7 heteroatoms. The molecule has 1 saturated heterocycles. The number of rotatable bonds is 4. The zero-order chi connectivity index (χ0) is 22.6. The lowest BCUT2D eigenvalue weighted by Gasteiger charge is -2.58. The molecule has 3 heterocycles. The van der Waals surface area contributed by atoms with Gasteiger partial charge in [-0.25, -0.2) is 4.98 Å². The number of amides is 1. The number of hydrogen-bond donors (Lipinski definition) is 2. The number of piperazine rings is 1. The Kier molecular flexibility index (Phi) is 5.05. The first-order chi connectivity index (χ1) is 16.0. The summed E-state index contributed by atoms with van der Waals surface area (Å²) in [7, 11) is 0. The van der Waals surface area contributed by atoms with Crippen molar-refractivity contribution in [1.82, 2.24) is 15.3 Å². The number of pyridine rings is 2. The molecule has 33 heavy (non-hydrogen) atoms. The van der Waals surface area contributed by atoms with Gasteiger partial charge in [-0.1, -0.05) is 6.07 Å². The monoisotopic (exact) mass is 447 g/mol. The van der Waals surface area contributed by atoms with Crippen LogP contribution in [0.5, 0.6) is 0 Å². The van der Waals surface area contributed by atoms with Crippen LogP contribution in [0.25, 0.3) is 0 Å². The second-order valence-electron chi connectivity index (χ2n) is 10.8. The van der Waals surface area contributed by atoms with Gasteiger partial charge in [0.25, 0.3) is 5.91 Å². The highest BCUT2D eigenvalue weighted by Gasteiger charge is 2.55. The topological polar surface area (TPSA) is 81.6 Å². The maximum Gasteiger partial charge on any atom is 0.270 e. The Labute approximate surface area is 195 Å². The van der Waals surface area contributed by atoms with Crippen molar-refractivity contribution in [2.24, 2.45) is 17.8 Å². The molecule has 7 nitrogen and oxygen atoms in total. The third-order valence-electron chi connectivity index (χ3n) is 8.46. The maximum atomic E-state index is 13.2. The second kappa shape index (κ2) is 7.97. The molecule has 2 unspecified atom stereocenters. The quantitative estimate of drug-likeness (QED) is 0.750. The first-order valence-corrected chi connectivity index (χ1v) is 12.4. The Morgan fingerprint density at radius 1 is 1.09 bits per heavy atom. The largest absolute Gasteiger partial charge is 0.390 e. The summed E-state index contributed by atoms with van der Waals surface area (Å²) >= 11 is 0. The first kappa shape index (κ1) is 20.9. The Balaban J connectivity index is 1.14. The average molecular weight is 448 g/mol. The van der Waals surface area contributed by atoms with E-state index < -0.39 is 5.60 Å². The Morgan fingerprint density at radius 2 is 1.85 bits per heavy atom. The van der Waals surface area contributed by atoms with E-state index in [1.807, 2.05) is 42.7 Å². The number of anilines is 2. The molecule has 174 valence electrons. The van der Waals surface area contributed by atoms with E-state index in [4.69, 9.17) is 4.98 Å². The zero-order valence-corrected chi connectivity index (χ0v) is 19.2. The summed E-state index contributed by atoms with van der Waals surface area (Å²) < 4.78 is 0. The predicted octanol–water partition coefficient (Wildman–Crippen LogP) is 2.86. The van der Waals surface area contributed by atoms with Crippen molar-refractivity contribution >= 4 is 17.4 Å². The number of carbonyl (C=O) groups excluding carboxylic acids is 1. The smallest absolute Gasteiger partial charge is 0.270 e. The lowest BCUT2D eigenvalue weighted by Crippen LogP contribution is -2.61. The van der Waals surface area contributed by atoms with Gasteiger partial charge in [-0.15, -0.1) is 0 Å². The molecule has 2 N–H and O–H groups in total. The van der Waals surface area contributed by atoms with E-state index in [1.165, 1.54) is 5.69 Å². The fraction of sp³-hybridized carbons (Fsp3) is 0.577. The highest BCUT2D eigenvalue weighted by atomic mass is 16.3. The normalized spacial score (nSPS) is 35.0. The van der Waals surface area contributed by atoms with Gasteiger partial charge < -0.3 is 20.2 Å². The number of aliphatic hydroxyl groups is 1. The molecule has 3 atom stereocenters. The standard InChI is InChI=1S/C26H33N5O2/c1-17-16-30(21-5-7-27-8-6-21)9-10-31(17)23-4-2-3-22(28-23)25(32)29-24-19-11-18-12-20(24)15-26(33,13-18)14-19/h2-8,17-20,24,33H,9-16H2,1H3,(H,29,32)/t17-,18?,19?,20?,24?,26?/m1/s1. The van der Waals surface area contributed by atoms with Crippen molar-refractivity contribution in [3.63, 3.8) is 0 Å². The van der Waals surface area contributed by atoms with E-state index in [-0.39, 0.29) is 18.0 Å². The maximum absolute atomic E-state index is 13.2. The number of nitrogens with one attached hydrogen (secondary N) is 1. The molecule has 4 bridgehead atoms. The molecule has 0 spiro atoms. The van der Waals surface area contributed by atoms with Crippen LogP contribution in [0.1, 0.15) is 49.5 Å². The van der Waals surface area contributed by atoms with Crippen molar-refractivity contribution in [2.45, 2.75) is 56.7 Å². The van der Waals surface area contributed by atoms with Crippen LogP contribution in [0.4, 0.5) is 11.5 Å². The second-order valence-corrected chi connectivity index (χ2v) is 10.8. The highest BCUT2D eigenvalue weighted by Crippen LogP contribution is 2.55. The van der Waals surface area contributed by atoms with Crippen molar-refractivity contribution in [1.29, 1.82) is 0 Å². The minimum atomic E-state index is -0.482. The molecule has 0 aromatic carbocycles. The van der Waals surface area contributed by atoms with Crippen molar-refractivity contribution < 1.29 is 9.90 Å².